The predicted molar refractivity (Wildman–Crippen MR) is 87.5 cm³/mol. The molecular weight excluding hydrogens is 340 g/mol. The monoisotopic (exact) mass is 352 g/mol. The number of nitrogen functional groups attached to an aromatic ring is 1. The lowest BCUT2D eigenvalue weighted by molar-refractivity contribution is 0.0993. The summed E-state index contributed by atoms with van der Waals surface area (Å²) in [5.74, 6) is -0.152. The Labute approximate surface area is 131 Å². The molecule has 104 valence electrons. The van der Waals surface area contributed by atoms with Crippen molar-refractivity contribution in [3.05, 3.63) is 57.0 Å². The fraction of sp³-hybridized carbons (Fsp3) is 0.133. The number of benzene rings is 2. The van der Waals surface area contributed by atoms with Gasteiger partial charge in [-0.15, -0.1) is 0 Å². The first-order valence-electron chi connectivity index (χ1n) is 5.99. The van der Waals surface area contributed by atoms with Crippen molar-refractivity contribution >= 4 is 44.8 Å². The van der Waals surface area contributed by atoms with Gasteiger partial charge in [0.2, 0.25) is 0 Å². The highest BCUT2D eigenvalue weighted by molar-refractivity contribution is 9.10. The molecule has 20 heavy (non-hydrogen) atoms. The summed E-state index contributed by atoms with van der Waals surface area (Å²) >= 11 is 9.40. The van der Waals surface area contributed by atoms with E-state index in [4.69, 9.17) is 17.3 Å². The second kappa shape index (κ2) is 5.85. The zero-order valence-corrected chi connectivity index (χ0v) is 13.5. The van der Waals surface area contributed by atoms with E-state index in [-0.39, 0.29) is 5.91 Å². The van der Waals surface area contributed by atoms with Crippen LogP contribution in [0.5, 0.6) is 0 Å². The second-order valence-corrected chi connectivity index (χ2v) is 5.85. The number of aryl methyl sites for hydroxylation is 1. The summed E-state index contributed by atoms with van der Waals surface area (Å²) in [5.41, 5.74) is 8.61. The van der Waals surface area contributed by atoms with Crippen LogP contribution in [0, 0.1) is 6.92 Å². The van der Waals surface area contributed by atoms with Gasteiger partial charge in [0.25, 0.3) is 5.91 Å². The molecule has 2 aromatic rings. The molecule has 0 spiro atoms. The number of rotatable bonds is 2. The Kier molecular flexibility index (Phi) is 4.35. The summed E-state index contributed by atoms with van der Waals surface area (Å²) in [7, 11) is 1.69. The fourth-order valence-corrected chi connectivity index (χ4v) is 2.42. The van der Waals surface area contributed by atoms with Gasteiger partial charge >= 0.3 is 0 Å². The van der Waals surface area contributed by atoms with Gasteiger partial charge < -0.3 is 10.6 Å². The number of hydrogen-bond acceptors (Lipinski definition) is 2. The molecule has 0 radical (unpaired) electrons. The molecule has 0 aromatic heterocycles. The number of nitrogens with zero attached hydrogens (tertiary/aromatic N) is 1. The number of amides is 1. The lowest BCUT2D eigenvalue weighted by atomic mass is 10.1. The minimum absolute atomic E-state index is 0.152. The summed E-state index contributed by atoms with van der Waals surface area (Å²) in [6, 6.07) is 10.7. The number of nitrogens with two attached hydrogens (primary N) is 1. The van der Waals surface area contributed by atoms with Crippen molar-refractivity contribution in [3.8, 4) is 0 Å². The van der Waals surface area contributed by atoms with Crippen molar-refractivity contribution in [2.24, 2.45) is 0 Å². The van der Waals surface area contributed by atoms with E-state index in [2.05, 4.69) is 15.9 Å². The van der Waals surface area contributed by atoms with Crippen molar-refractivity contribution in [2.75, 3.05) is 17.7 Å². The van der Waals surface area contributed by atoms with Gasteiger partial charge in [0.05, 0.1) is 11.4 Å². The van der Waals surface area contributed by atoms with Gasteiger partial charge in [-0.3, -0.25) is 4.79 Å². The Morgan fingerprint density at radius 2 is 1.95 bits per heavy atom. The molecule has 2 aromatic carbocycles. The zero-order chi connectivity index (χ0) is 14.9. The molecule has 0 aliphatic rings. The highest BCUT2D eigenvalue weighted by atomic mass is 79.9. The quantitative estimate of drug-likeness (QED) is 0.820. The van der Waals surface area contributed by atoms with Crippen LogP contribution in [0.15, 0.2) is 40.9 Å². The summed E-state index contributed by atoms with van der Waals surface area (Å²) in [5, 5.41) is 0.577. The maximum absolute atomic E-state index is 12.4. The Balaban J connectivity index is 2.34. The Morgan fingerprint density at radius 1 is 1.25 bits per heavy atom. The van der Waals surface area contributed by atoms with Gasteiger partial charge in [-0.2, -0.15) is 0 Å². The van der Waals surface area contributed by atoms with Crippen LogP contribution in [0.4, 0.5) is 11.4 Å². The number of anilines is 2. The number of hydrogen-bond donors (Lipinski definition) is 1. The largest absolute Gasteiger partial charge is 0.397 e. The van der Waals surface area contributed by atoms with Gasteiger partial charge in [0.1, 0.15) is 0 Å². The minimum atomic E-state index is -0.152. The van der Waals surface area contributed by atoms with Crippen LogP contribution in [-0.4, -0.2) is 13.0 Å². The molecule has 0 fully saturated rings. The highest BCUT2D eigenvalue weighted by Crippen LogP contribution is 2.27. The second-order valence-electron chi connectivity index (χ2n) is 4.53. The summed E-state index contributed by atoms with van der Waals surface area (Å²) in [6.07, 6.45) is 0. The molecule has 0 unspecified atom stereocenters. The standard InChI is InChI=1S/C15H14BrClN2O/c1-9-3-4-10(7-12(9)17)15(20)19(2)14-6-5-11(16)8-13(14)18/h3-8H,18H2,1-2H3. The molecule has 3 nitrogen and oxygen atoms in total. The smallest absolute Gasteiger partial charge is 0.258 e. The number of carbonyl (C=O) groups excluding carboxylic acids is 1. The Morgan fingerprint density at radius 3 is 2.55 bits per heavy atom. The molecule has 0 aliphatic carbocycles. The van der Waals surface area contributed by atoms with Crippen LogP contribution in [0.2, 0.25) is 5.02 Å². The van der Waals surface area contributed by atoms with Gasteiger partial charge in [0.15, 0.2) is 0 Å². The molecule has 2 N–H and O–H groups in total. The van der Waals surface area contributed by atoms with Crippen LogP contribution < -0.4 is 10.6 Å². The Bertz CT molecular complexity index is 673. The molecule has 0 saturated carbocycles. The van der Waals surface area contributed by atoms with Crippen molar-refractivity contribution in [1.82, 2.24) is 0 Å². The first-order valence-corrected chi connectivity index (χ1v) is 7.16. The highest BCUT2D eigenvalue weighted by Gasteiger charge is 2.16. The molecule has 0 atom stereocenters. The van der Waals surface area contributed by atoms with Crippen LogP contribution in [0.1, 0.15) is 15.9 Å². The molecule has 5 heteroatoms. The third-order valence-corrected chi connectivity index (χ3v) is 3.97. The van der Waals surface area contributed by atoms with Crippen molar-refractivity contribution in [3.63, 3.8) is 0 Å². The first kappa shape index (κ1) is 14.9. The summed E-state index contributed by atoms with van der Waals surface area (Å²) in [4.78, 5) is 14.0. The molecule has 0 saturated heterocycles. The third kappa shape index (κ3) is 2.97. The molecule has 0 aliphatic heterocycles. The van der Waals surface area contributed by atoms with Gasteiger partial charge in [-0.25, -0.2) is 0 Å². The van der Waals surface area contributed by atoms with Gasteiger partial charge in [0, 0.05) is 22.1 Å². The van der Waals surface area contributed by atoms with E-state index in [9.17, 15) is 4.79 Å². The lowest BCUT2D eigenvalue weighted by Gasteiger charge is -2.19. The van der Waals surface area contributed by atoms with E-state index >= 15 is 0 Å². The molecule has 0 heterocycles. The van der Waals surface area contributed by atoms with Crippen LogP contribution in [0.25, 0.3) is 0 Å². The predicted octanol–water partition coefficient (Wildman–Crippen LogP) is 4.27. The molecule has 0 bridgehead atoms. The minimum Gasteiger partial charge on any atom is -0.397 e. The van der Waals surface area contributed by atoms with E-state index in [1.807, 2.05) is 19.1 Å². The molecule has 1 amide bonds. The van der Waals surface area contributed by atoms with Gasteiger partial charge in [-0.1, -0.05) is 33.6 Å². The summed E-state index contributed by atoms with van der Waals surface area (Å²) < 4.78 is 0.873. The van der Waals surface area contributed by atoms with E-state index in [1.165, 1.54) is 4.90 Å². The maximum Gasteiger partial charge on any atom is 0.258 e. The van der Waals surface area contributed by atoms with Gasteiger partial charge in [-0.05, 0) is 42.8 Å². The average Bonchev–Trinajstić information content (AvgIpc) is 2.40. The van der Waals surface area contributed by atoms with Crippen LogP contribution >= 0.6 is 27.5 Å². The average molecular weight is 354 g/mol. The lowest BCUT2D eigenvalue weighted by Crippen LogP contribution is -2.27. The SMILES string of the molecule is Cc1ccc(C(=O)N(C)c2ccc(Br)cc2N)cc1Cl. The molecule has 2 rings (SSSR count). The maximum atomic E-state index is 12.4. The van der Waals surface area contributed by atoms with Crippen LogP contribution in [0.3, 0.4) is 0 Å². The van der Waals surface area contributed by atoms with E-state index in [0.29, 0.717) is 22.0 Å². The molecular formula is C15H14BrClN2O. The topological polar surface area (TPSA) is 46.3 Å². The summed E-state index contributed by atoms with van der Waals surface area (Å²) in [6.45, 7) is 1.90. The fourth-order valence-electron chi connectivity index (χ4n) is 1.86. The van der Waals surface area contributed by atoms with Crippen molar-refractivity contribution in [2.45, 2.75) is 6.92 Å². The first-order chi connectivity index (χ1) is 9.40. The third-order valence-electron chi connectivity index (χ3n) is 3.07. The Hall–Kier alpha value is -1.52. The van der Waals surface area contributed by atoms with Crippen LogP contribution in [-0.2, 0) is 0 Å². The van der Waals surface area contributed by atoms with Crippen molar-refractivity contribution in [1.29, 1.82) is 0 Å². The van der Waals surface area contributed by atoms with E-state index < -0.39 is 0 Å². The van der Waals surface area contributed by atoms with E-state index in [1.54, 1.807) is 31.3 Å². The zero-order valence-electron chi connectivity index (χ0n) is 11.2. The number of halogens is 2. The number of carbonyl (C=O) groups is 1. The van der Waals surface area contributed by atoms with E-state index in [0.717, 1.165) is 10.0 Å². The normalized spacial score (nSPS) is 10.4. The van der Waals surface area contributed by atoms with Crippen molar-refractivity contribution < 1.29 is 4.79 Å².